The molecule has 2 rings (SSSR count). The number of aromatic nitrogens is 3. The first-order chi connectivity index (χ1) is 6.29. The first-order valence-electron chi connectivity index (χ1n) is 3.94. The Morgan fingerprint density at radius 3 is 3.00 bits per heavy atom. The standard InChI is InChI=1S/C9H9N3O/c1-12-5-4-11-9(12)8(13)7-2-3-10-6-7/h2-6,10H,1H3. The van der Waals surface area contributed by atoms with E-state index in [4.69, 9.17) is 0 Å². The molecule has 4 heteroatoms. The van der Waals surface area contributed by atoms with E-state index in [9.17, 15) is 4.79 Å². The predicted molar refractivity (Wildman–Crippen MR) is 47.4 cm³/mol. The number of hydrogen-bond acceptors (Lipinski definition) is 2. The lowest BCUT2D eigenvalue weighted by molar-refractivity contribution is 0.102. The van der Waals surface area contributed by atoms with Gasteiger partial charge in [-0.1, -0.05) is 0 Å². The Bertz CT molecular complexity index is 414. The van der Waals surface area contributed by atoms with Gasteiger partial charge in [-0.05, 0) is 6.07 Å². The van der Waals surface area contributed by atoms with Crippen molar-refractivity contribution in [3.05, 3.63) is 42.2 Å². The zero-order valence-corrected chi connectivity index (χ0v) is 7.19. The van der Waals surface area contributed by atoms with E-state index in [-0.39, 0.29) is 5.78 Å². The molecule has 0 bridgehead atoms. The highest BCUT2D eigenvalue weighted by atomic mass is 16.1. The molecule has 0 aliphatic carbocycles. The Kier molecular flexibility index (Phi) is 1.73. The molecule has 2 aromatic heterocycles. The van der Waals surface area contributed by atoms with Crippen molar-refractivity contribution >= 4 is 5.78 Å². The molecule has 0 aliphatic rings. The summed E-state index contributed by atoms with van der Waals surface area (Å²) in [6.07, 6.45) is 6.74. The fourth-order valence-corrected chi connectivity index (χ4v) is 1.18. The summed E-state index contributed by atoms with van der Waals surface area (Å²) in [6, 6.07) is 1.73. The van der Waals surface area contributed by atoms with E-state index >= 15 is 0 Å². The van der Waals surface area contributed by atoms with E-state index in [2.05, 4.69) is 9.97 Å². The average molecular weight is 175 g/mol. The van der Waals surface area contributed by atoms with Crippen molar-refractivity contribution in [3.63, 3.8) is 0 Å². The molecule has 0 radical (unpaired) electrons. The number of nitrogens with one attached hydrogen (secondary N) is 1. The number of imidazole rings is 1. The Labute approximate surface area is 75.2 Å². The van der Waals surface area contributed by atoms with Crippen LogP contribution in [0.4, 0.5) is 0 Å². The second-order valence-electron chi connectivity index (χ2n) is 2.79. The minimum Gasteiger partial charge on any atom is -0.367 e. The van der Waals surface area contributed by atoms with Crippen molar-refractivity contribution < 1.29 is 4.79 Å². The molecule has 0 atom stereocenters. The molecule has 0 saturated heterocycles. The largest absolute Gasteiger partial charge is 0.367 e. The second kappa shape index (κ2) is 2.90. The number of hydrogen-bond donors (Lipinski definition) is 1. The molecule has 0 unspecified atom stereocenters. The number of carbonyl (C=O) groups excluding carboxylic acids is 1. The van der Waals surface area contributed by atoms with E-state index in [1.54, 1.807) is 42.5 Å². The molecule has 4 nitrogen and oxygen atoms in total. The van der Waals surface area contributed by atoms with Crippen LogP contribution in [-0.4, -0.2) is 20.3 Å². The fraction of sp³-hybridized carbons (Fsp3) is 0.111. The number of aryl methyl sites for hydroxylation is 1. The van der Waals surface area contributed by atoms with Crippen LogP contribution < -0.4 is 0 Å². The first kappa shape index (κ1) is 7.79. The molecule has 13 heavy (non-hydrogen) atoms. The van der Waals surface area contributed by atoms with Crippen molar-refractivity contribution in [2.45, 2.75) is 0 Å². The number of aromatic amines is 1. The molecule has 2 aromatic rings. The van der Waals surface area contributed by atoms with Crippen molar-refractivity contribution in [1.82, 2.24) is 14.5 Å². The summed E-state index contributed by atoms with van der Waals surface area (Å²) in [5.41, 5.74) is 0.634. The third kappa shape index (κ3) is 1.26. The Hall–Kier alpha value is -1.84. The third-order valence-corrected chi connectivity index (χ3v) is 1.88. The molecule has 2 heterocycles. The van der Waals surface area contributed by atoms with Gasteiger partial charge in [0.05, 0.1) is 0 Å². The molecule has 0 amide bonds. The van der Waals surface area contributed by atoms with Gasteiger partial charge in [-0.15, -0.1) is 0 Å². The first-order valence-corrected chi connectivity index (χ1v) is 3.94. The molecule has 0 saturated carbocycles. The van der Waals surface area contributed by atoms with Gasteiger partial charge in [-0.3, -0.25) is 4.79 Å². The van der Waals surface area contributed by atoms with Gasteiger partial charge in [-0.25, -0.2) is 4.98 Å². The van der Waals surface area contributed by atoms with Crippen LogP contribution in [-0.2, 0) is 7.05 Å². The maximum Gasteiger partial charge on any atom is 0.229 e. The van der Waals surface area contributed by atoms with Crippen molar-refractivity contribution in [1.29, 1.82) is 0 Å². The molecule has 0 spiro atoms. The van der Waals surface area contributed by atoms with Gasteiger partial charge >= 0.3 is 0 Å². The molecule has 1 N–H and O–H groups in total. The Morgan fingerprint density at radius 1 is 1.62 bits per heavy atom. The van der Waals surface area contributed by atoms with Crippen LogP contribution in [0.25, 0.3) is 0 Å². The summed E-state index contributed by atoms with van der Waals surface area (Å²) in [7, 11) is 1.80. The van der Waals surface area contributed by atoms with Gasteiger partial charge in [0.1, 0.15) is 0 Å². The van der Waals surface area contributed by atoms with Gasteiger partial charge in [-0.2, -0.15) is 0 Å². The third-order valence-electron chi connectivity index (χ3n) is 1.88. The van der Waals surface area contributed by atoms with Crippen LogP contribution in [0.5, 0.6) is 0 Å². The zero-order valence-electron chi connectivity index (χ0n) is 7.19. The minimum absolute atomic E-state index is 0.0613. The molecule has 66 valence electrons. The molecule has 0 fully saturated rings. The van der Waals surface area contributed by atoms with Crippen LogP contribution >= 0.6 is 0 Å². The number of ketones is 1. The lowest BCUT2D eigenvalue weighted by Gasteiger charge is -1.97. The van der Waals surface area contributed by atoms with Gasteiger partial charge in [0.15, 0.2) is 5.82 Å². The number of rotatable bonds is 2. The summed E-state index contributed by atoms with van der Waals surface area (Å²) in [4.78, 5) is 18.5. The number of H-pyrrole nitrogens is 1. The topological polar surface area (TPSA) is 50.7 Å². The lowest BCUT2D eigenvalue weighted by Crippen LogP contribution is -2.07. The molecular formula is C9H9N3O. The monoisotopic (exact) mass is 175 g/mol. The highest BCUT2D eigenvalue weighted by Gasteiger charge is 2.12. The highest BCUT2D eigenvalue weighted by molar-refractivity contribution is 6.06. The summed E-state index contributed by atoms with van der Waals surface area (Å²) in [5.74, 6) is 0.397. The summed E-state index contributed by atoms with van der Waals surface area (Å²) >= 11 is 0. The van der Waals surface area contributed by atoms with E-state index in [0.29, 0.717) is 11.4 Å². The van der Waals surface area contributed by atoms with Crippen LogP contribution in [0.1, 0.15) is 16.2 Å². The van der Waals surface area contributed by atoms with Gasteiger partial charge in [0, 0.05) is 37.4 Å². The SMILES string of the molecule is Cn1ccnc1C(=O)c1cc[nH]c1. The lowest BCUT2D eigenvalue weighted by atomic mass is 10.2. The summed E-state index contributed by atoms with van der Waals surface area (Å²) in [5, 5.41) is 0. The number of carbonyl (C=O) groups is 1. The van der Waals surface area contributed by atoms with Crippen LogP contribution in [0.2, 0.25) is 0 Å². The van der Waals surface area contributed by atoms with Crippen molar-refractivity contribution in [2.24, 2.45) is 7.05 Å². The zero-order chi connectivity index (χ0) is 9.26. The molecule has 0 aromatic carbocycles. The summed E-state index contributed by atoms with van der Waals surface area (Å²) in [6.45, 7) is 0. The number of nitrogens with zero attached hydrogens (tertiary/aromatic N) is 2. The summed E-state index contributed by atoms with van der Waals surface area (Å²) < 4.78 is 1.70. The van der Waals surface area contributed by atoms with Crippen molar-refractivity contribution in [2.75, 3.05) is 0 Å². The van der Waals surface area contributed by atoms with Crippen LogP contribution in [0.3, 0.4) is 0 Å². The Morgan fingerprint density at radius 2 is 2.46 bits per heavy atom. The predicted octanol–water partition coefficient (Wildman–Crippen LogP) is 0.979. The highest BCUT2D eigenvalue weighted by Crippen LogP contribution is 2.05. The normalized spacial score (nSPS) is 10.2. The fourth-order valence-electron chi connectivity index (χ4n) is 1.18. The van der Waals surface area contributed by atoms with Gasteiger partial charge in [0.25, 0.3) is 0 Å². The van der Waals surface area contributed by atoms with E-state index < -0.39 is 0 Å². The smallest absolute Gasteiger partial charge is 0.229 e. The van der Waals surface area contributed by atoms with E-state index in [0.717, 1.165) is 0 Å². The molecular weight excluding hydrogens is 166 g/mol. The van der Waals surface area contributed by atoms with Crippen molar-refractivity contribution in [3.8, 4) is 0 Å². The van der Waals surface area contributed by atoms with E-state index in [1.165, 1.54) is 0 Å². The quantitative estimate of drug-likeness (QED) is 0.691. The maximum absolute atomic E-state index is 11.7. The molecule has 0 aliphatic heterocycles. The van der Waals surface area contributed by atoms with Crippen LogP contribution in [0.15, 0.2) is 30.9 Å². The van der Waals surface area contributed by atoms with Crippen LogP contribution in [0, 0.1) is 0 Å². The Balaban J connectivity index is 2.39. The minimum atomic E-state index is -0.0613. The van der Waals surface area contributed by atoms with Gasteiger partial charge in [0.2, 0.25) is 5.78 Å². The van der Waals surface area contributed by atoms with Gasteiger partial charge < -0.3 is 9.55 Å². The average Bonchev–Trinajstić information content (AvgIpc) is 2.72. The van der Waals surface area contributed by atoms with E-state index in [1.807, 2.05) is 0 Å². The maximum atomic E-state index is 11.7. The second-order valence-corrected chi connectivity index (χ2v) is 2.79.